The van der Waals surface area contributed by atoms with Crippen molar-refractivity contribution in [3.05, 3.63) is 79.9 Å². The van der Waals surface area contributed by atoms with E-state index in [0.29, 0.717) is 11.8 Å². The molecule has 2 saturated carbocycles. The lowest BCUT2D eigenvalue weighted by atomic mass is 9.80. The van der Waals surface area contributed by atoms with Gasteiger partial charge in [-0.05, 0) is 55.4 Å². The van der Waals surface area contributed by atoms with Crippen LogP contribution in [-0.2, 0) is 9.47 Å². The van der Waals surface area contributed by atoms with Crippen molar-refractivity contribution in [3.63, 3.8) is 0 Å². The van der Waals surface area contributed by atoms with Gasteiger partial charge < -0.3 is 9.47 Å². The topological polar surface area (TPSA) is 139 Å². The average Bonchev–Trinajstić information content (AvgIpc) is 3.43. The maximum atomic E-state index is 12.4. The minimum absolute atomic E-state index is 0.0652. The number of fused-ring (bicyclic) bond motifs is 2. The number of hydrogen-bond donors (Lipinski definition) is 0. The molecule has 33 heavy (non-hydrogen) atoms. The van der Waals surface area contributed by atoms with Gasteiger partial charge in [-0.2, -0.15) is 0 Å². The van der Waals surface area contributed by atoms with Crippen molar-refractivity contribution in [1.29, 1.82) is 0 Å². The second kappa shape index (κ2) is 9.35. The molecule has 2 bridgehead atoms. The van der Waals surface area contributed by atoms with E-state index in [1.54, 1.807) is 0 Å². The Morgan fingerprint density at radius 1 is 0.727 bits per heavy atom. The molecule has 0 spiro atoms. The van der Waals surface area contributed by atoms with E-state index in [-0.39, 0.29) is 47.6 Å². The van der Waals surface area contributed by atoms with E-state index in [1.807, 2.05) is 0 Å². The van der Waals surface area contributed by atoms with Crippen molar-refractivity contribution in [2.45, 2.75) is 19.3 Å². The number of nitro benzene ring substituents is 2. The number of carbonyl (C=O) groups excluding carboxylic acids is 2. The quantitative estimate of drug-likeness (QED) is 0.329. The zero-order chi connectivity index (χ0) is 23.5. The Labute approximate surface area is 188 Å². The minimum Gasteiger partial charge on any atom is -0.462 e. The molecule has 0 amide bonds. The first-order chi connectivity index (χ1) is 15.8. The Kier molecular flexibility index (Phi) is 6.34. The third-order valence-electron chi connectivity index (χ3n) is 6.72. The molecule has 2 aliphatic carbocycles. The molecule has 0 unspecified atom stereocenters. The van der Waals surface area contributed by atoms with Crippen LogP contribution in [0, 0.1) is 43.9 Å². The van der Waals surface area contributed by atoms with Crippen molar-refractivity contribution in [2.24, 2.45) is 23.7 Å². The van der Waals surface area contributed by atoms with Gasteiger partial charge in [0.05, 0.1) is 34.2 Å². The van der Waals surface area contributed by atoms with E-state index in [4.69, 9.17) is 9.47 Å². The van der Waals surface area contributed by atoms with E-state index < -0.39 is 21.8 Å². The molecule has 4 atom stereocenters. The van der Waals surface area contributed by atoms with E-state index in [2.05, 4.69) is 0 Å². The number of benzene rings is 2. The number of carbonyl (C=O) groups is 2. The molecule has 2 fully saturated rings. The maximum absolute atomic E-state index is 12.4. The van der Waals surface area contributed by atoms with Gasteiger partial charge >= 0.3 is 11.9 Å². The van der Waals surface area contributed by atoms with E-state index in [1.165, 1.54) is 48.5 Å². The Balaban J connectivity index is 1.34. The van der Waals surface area contributed by atoms with E-state index >= 15 is 0 Å². The third kappa shape index (κ3) is 4.84. The Morgan fingerprint density at radius 3 is 1.42 bits per heavy atom. The number of ether oxygens (including phenoxy) is 2. The van der Waals surface area contributed by atoms with Crippen molar-refractivity contribution in [3.8, 4) is 0 Å². The average molecular weight is 454 g/mol. The van der Waals surface area contributed by atoms with Crippen molar-refractivity contribution in [1.82, 2.24) is 0 Å². The summed E-state index contributed by atoms with van der Waals surface area (Å²) in [6, 6.07) is 10.5. The Morgan fingerprint density at radius 2 is 1.09 bits per heavy atom. The lowest BCUT2D eigenvalue weighted by molar-refractivity contribution is -0.385. The molecule has 0 N–H and O–H groups in total. The highest BCUT2D eigenvalue weighted by atomic mass is 16.6. The normalized spacial score (nSPS) is 23.2. The summed E-state index contributed by atoms with van der Waals surface area (Å²) < 4.78 is 11.0. The minimum atomic E-state index is -0.547. The molecule has 4 rings (SSSR count). The molecule has 0 radical (unpaired) electrons. The summed E-state index contributed by atoms with van der Waals surface area (Å²) >= 11 is 0. The summed E-state index contributed by atoms with van der Waals surface area (Å²) in [5, 5.41) is 21.5. The van der Waals surface area contributed by atoms with Gasteiger partial charge in [0.15, 0.2) is 0 Å². The highest BCUT2D eigenvalue weighted by Crippen LogP contribution is 2.52. The molecule has 2 aliphatic rings. The maximum Gasteiger partial charge on any atom is 0.338 e. The van der Waals surface area contributed by atoms with Crippen LogP contribution in [0.2, 0.25) is 0 Å². The summed E-state index contributed by atoms with van der Waals surface area (Å²) in [6.45, 7) is 0.382. The predicted octanol–water partition coefficient (Wildman–Crippen LogP) is 4.18. The van der Waals surface area contributed by atoms with E-state index in [9.17, 15) is 29.8 Å². The molecular weight excluding hydrogens is 432 g/mol. The van der Waals surface area contributed by atoms with Gasteiger partial charge in [0, 0.05) is 36.1 Å². The number of nitro groups is 2. The van der Waals surface area contributed by atoms with Gasteiger partial charge in [-0.1, -0.05) is 0 Å². The largest absolute Gasteiger partial charge is 0.462 e. The molecule has 0 heterocycles. The van der Waals surface area contributed by atoms with Crippen LogP contribution in [-0.4, -0.2) is 35.0 Å². The molecule has 10 heteroatoms. The summed E-state index contributed by atoms with van der Waals surface area (Å²) in [6.07, 6.45) is 3.08. The van der Waals surface area contributed by atoms with E-state index in [0.717, 1.165) is 19.3 Å². The SMILES string of the molecule is O=C(OC[C@H]1[C@@H]2CC[C@@H](C2)[C@@H]1COC(=O)c1ccc([N+](=O)[O-])cc1)c1ccc([N+](=O)[O-])cc1. The van der Waals surface area contributed by atoms with Crippen LogP contribution in [0.4, 0.5) is 11.4 Å². The highest BCUT2D eigenvalue weighted by molar-refractivity contribution is 5.90. The smallest absolute Gasteiger partial charge is 0.338 e. The Bertz CT molecular complexity index is 981. The van der Waals surface area contributed by atoms with Gasteiger partial charge in [-0.15, -0.1) is 0 Å². The summed E-state index contributed by atoms with van der Waals surface area (Å²) in [7, 11) is 0. The van der Waals surface area contributed by atoms with Crippen molar-refractivity contribution < 1.29 is 28.9 Å². The van der Waals surface area contributed by atoms with Crippen LogP contribution < -0.4 is 0 Å². The lowest BCUT2D eigenvalue weighted by Gasteiger charge is -2.30. The fraction of sp³-hybridized carbons (Fsp3) is 0.391. The van der Waals surface area contributed by atoms with Crippen molar-refractivity contribution in [2.75, 3.05) is 13.2 Å². The molecular formula is C23H22N2O8. The van der Waals surface area contributed by atoms with Crippen LogP contribution >= 0.6 is 0 Å². The molecule has 0 aromatic heterocycles. The number of hydrogen-bond acceptors (Lipinski definition) is 8. The van der Waals surface area contributed by atoms with Crippen LogP contribution in [0.25, 0.3) is 0 Å². The Hall–Kier alpha value is -3.82. The van der Waals surface area contributed by atoms with Crippen molar-refractivity contribution >= 4 is 23.3 Å². The van der Waals surface area contributed by atoms with Crippen LogP contribution in [0.15, 0.2) is 48.5 Å². The number of nitrogens with zero attached hydrogens (tertiary/aromatic N) is 2. The molecule has 2 aromatic rings. The fourth-order valence-corrected chi connectivity index (χ4v) is 5.00. The number of esters is 2. The van der Waals surface area contributed by atoms with Gasteiger partial charge in [0.1, 0.15) is 0 Å². The first-order valence-electron chi connectivity index (χ1n) is 10.7. The van der Waals surface area contributed by atoms with Gasteiger partial charge in [-0.3, -0.25) is 20.2 Å². The molecule has 172 valence electrons. The second-order valence-corrected chi connectivity index (χ2v) is 8.47. The third-order valence-corrected chi connectivity index (χ3v) is 6.72. The van der Waals surface area contributed by atoms with Gasteiger partial charge in [-0.25, -0.2) is 9.59 Å². The van der Waals surface area contributed by atoms with Crippen LogP contribution in [0.1, 0.15) is 40.0 Å². The fourth-order valence-electron chi connectivity index (χ4n) is 5.00. The molecule has 2 aromatic carbocycles. The molecule has 10 nitrogen and oxygen atoms in total. The van der Waals surface area contributed by atoms with Crippen LogP contribution in [0.3, 0.4) is 0 Å². The second-order valence-electron chi connectivity index (χ2n) is 8.47. The van der Waals surface area contributed by atoms with Gasteiger partial charge in [0.2, 0.25) is 0 Å². The van der Waals surface area contributed by atoms with Gasteiger partial charge in [0.25, 0.3) is 11.4 Å². The molecule has 0 aliphatic heterocycles. The first-order valence-corrected chi connectivity index (χ1v) is 10.7. The number of rotatable bonds is 8. The first kappa shape index (κ1) is 22.4. The summed E-state index contributed by atoms with van der Waals surface area (Å²) in [4.78, 5) is 45.2. The van der Waals surface area contributed by atoms with Crippen LogP contribution in [0.5, 0.6) is 0 Å². The lowest BCUT2D eigenvalue weighted by Crippen LogP contribution is -2.31. The highest BCUT2D eigenvalue weighted by Gasteiger charge is 2.48. The summed E-state index contributed by atoms with van der Waals surface area (Å²) in [5.41, 5.74) is 0.277. The summed E-state index contributed by atoms with van der Waals surface area (Å²) in [5.74, 6) is -0.181. The zero-order valence-electron chi connectivity index (χ0n) is 17.6. The monoisotopic (exact) mass is 454 g/mol. The zero-order valence-corrected chi connectivity index (χ0v) is 17.6. The standard InChI is InChI=1S/C23H22N2O8/c26-22(14-3-7-18(8-4-14)24(28)29)32-12-20-16-1-2-17(11-16)21(20)13-33-23(27)15-5-9-19(10-6-15)25(30)31/h3-10,16-17,20-21H,1-2,11-13H2/t16-,17+,20-,21-/m0/s1. The predicted molar refractivity (Wildman–Crippen MR) is 115 cm³/mol. The molecule has 0 saturated heterocycles. The number of non-ortho nitro benzene ring substituents is 2.